The van der Waals surface area contributed by atoms with Gasteiger partial charge in [0.25, 0.3) is 0 Å². The second-order valence-electron chi connectivity index (χ2n) is 13.7. The highest BCUT2D eigenvalue weighted by atomic mass is 16.5. The molecule has 5 nitrogen and oxygen atoms in total. The van der Waals surface area contributed by atoms with Crippen molar-refractivity contribution in [2.75, 3.05) is 13.7 Å². The standard InChI is InChI=1S/C39H46O5/c1-25-36-31(24-40)23-39(37(36)44-3,38(25,2)32-10-5-4-6-11-32)35(43)19-14-26-8-7-9-28(20-26)29-15-16-30(34(42)22-29)21-27-12-17-33(41)18-13-27/h7-9,12-13,15-18,20,22,31-32,36-37,40-42H,1,4-6,10-11,14,19,21,23-24H2,2-3H3. The van der Waals surface area contributed by atoms with E-state index in [0.717, 1.165) is 46.2 Å². The van der Waals surface area contributed by atoms with Crippen molar-refractivity contribution in [3.63, 3.8) is 0 Å². The zero-order valence-corrected chi connectivity index (χ0v) is 26.1. The van der Waals surface area contributed by atoms with Crippen LogP contribution in [-0.4, -0.2) is 40.9 Å². The first-order valence-corrected chi connectivity index (χ1v) is 16.3. The number of ketones is 1. The van der Waals surface area contributed by atoms with Crippen LogP contribution in [0.4, 0.5) is 0 Å². The monoisotopic (exact) mass is 594 g/mol. The third-order valence-electron chi connectivity index (χ3n) is 11.6. The molecule has 0 saturated heterocycles. The number of fused-ring (bicyclic) bond motifs is 2. The van der Waals surface area contributed by atoms with Crippen molar-refractivity contribution in [2.45, 2.75) is 70.8 Å². The Balaban J connectivity index is 1.22. The van der Waals surface area contributed by atoms with Gasteiger partial charge in [0.1, 0.15) is 17.3 Å². The Morgan fingerprint density at radius 1 is 0.955 bits per heavy atom. The highest BCUT2D eigenvalue weighted by Crippen LogP contribution is 2.73. The number of rotatable bonds is 10. The van der Waals surface area contributed by atoms with Crippen LogP contribution in [-0.2, 0) is 22.4 Å². The number of carbonyl (C=O) groups excluding carboxylic acids is 1. The second-order valence-corrected chi connectivity index (χ2v) is 13.7. The van der Waals surface area contributed by atoms with Gasteiger partial charge in [-0.2, -0.15) is 0 Å². The predicted octanol–water partition coefficient (Wildman–Crippen LogP) is 7.64. The molecule has 0 aliphatic heterocycles. The number of aliphatic hydroxyl groups is 1. The van der Waals surface area contributed by atoms with Gasteiger partial charge in [-0.3, -0.25) is 4.79 Å². The summed E-state index contributed by atoms with van der Waals surface area (Å²) in [5, 5.41) is 30.7. The molecular formula is C39H46O5. The van der Waals surface area contributed by atoms with Gasteiger partial charge in [-0.1, -0.05) is 86.9 Å². The fourth-order valence-corrected chi connectivity index (χ4v) is 9.33. The van der Waals surface area contributed by atoms with Crippen LogP contribution in [0.25, 0.3) is 11.1 Å². The molecule has 0 aromatic heterocycles. The fourth-order valence-electron chi connectivity index (χ4n) is 9.33. The Morgan fingerprint density at radius 2 is 1.68 bits per heavy atom. The van der Waals surface area contributed by atoms with Gasteiger partial charge in [0.05, 0.1) is 11.5 Å². The Hall–Kier alpha value is -3.41. The molecule has 0 radical (unpaired) electrons. The van der Waals surface area contributed by atoms with Crippen molar-refractivity contribution in [3.05, 3.63) is 95.6 Å². The minimum atomic E-state index is -0.657. The van der Waals surface area contributed by atoms with Gasteiger partial charge in [-0.25, -0.2) is 0 Å². The topological polar surface area (TPSA) is 87.0 Å². The minimum Gasteiger partial charge on any atom is -0.508 e. The number of methoxy groups -OCH3 is 1. The first-order chi connectivity index (χ1) is 21.2. The second kappa shape index (κ2) is 12.2. The molecule has 3 aromatic carbocycles. The average molecular weight is 595 g/mol. The van der Waals surface area contributed by atoms with Crippen LogP contribution in [0.3, 0.4) is 0 Å². The van der Waals surface area contributed by atoms with Crippen molar-refractivity contribution in [3.8, 4) is 22.6 Å². The van der Waals surface area contributed by atoms with Gasteiger partial charge < -0.3 is 20.1 Å². The molecule has 2 bridgehead atoms. The van der Waals surface area contributed by atoms with Crippen LogP contribution >= 0.6 is 0 Å². The number of carbonyl (C=O) groups is 1. The Morgan fingerprint density at radius 3 is 2.36 bits per heavy atom. The van der Waals surface area contributed by atoms with Gasteiger partial charge in [-0.15, -0.1) is 0 Å². The summed E-state index contributed by atoms with van der Waals surface area (Å²) in [6, 6.07) is 21.0. The lowest BCUT2D eigenvalue weighted by molar-refractivity contribution is -0.146. The van der Waals surface area contributed by atoms with Crippen molar-refractivity contribution in [1.82, 2.24) is 0 Å². The van der Waals surface area contributed by atoms with E-state index in [4.69, 9.17) is 4.74 Å². The lowest BCUT2D eigenvalue weighted by Gasteiger charge is -2.52. The van der Waals surface area contributed by atoms with Crippen molar-refractivity contribution >= 4 is 5.78 Å². The number of Topliss-reactive ketones (excluding diaryl/α,β-unsaturated/α-hetero) is 1. The molecular weight excluding hydrogens is 548 g/mol. The lowest BCUT2D eigenvalue weighted by Crippen LogP contribution is -2.53. The van der Waals surface area contributed by atoms with Crippen LogP contribution in [0, 0.1) is 28.6 Å². The summed E-state index contributed by atoms with van der Waals surface area (Å²) in [5.41, 5.74) is 4.99. The molecule has 3 fully saturated rings. The summed E-state index contributed by atoms with van der Waals surface area (Å²) in [4.78, 5) is 14.6. The molecule has 3 N–H and O–H groups in total. The molecule has 0 amide bonds. The van der Waals surface area contributed by atoms with Crippen LogP contribution in [0.15, 0.2) is 78.9 Å². The molecule has 0 spiro atoms. The lowest BCUT2D eigenvalue weighted by atomic mass is 9.50. The summed E-state index contributed by atoms with van der Waals surface area (Å²) in [6.45, 7) is 6.97. The first-order valence-electron chi connectivity index (χ1n) is 16.3. The van der Waals surface area contributed by atoms with E-state index in [0.29, 0.717) is 31.6 Å². The van der Waals surface area contributed by atoms with E-state index in [2.05, 4.69) is 25.6 Å². The Kier molecular flexibility index (Phi) is 8.47. The van der Waals surface area contributed by atoms with Crippen LogP contribution in [0.2, 0.25) is 0 Å². The number of phenols is 2. The van der Waals surface area contributed by atoms with Crippen molar-refractivity contribution < 1.29 is 24.9 Å². The third kappa shape index (κ3) is 4.98. The third-order valence-corrected chi connectivity index (χ3v) is 11.6. The van der Waals surface area contributed by atoms with E-state index in [9.17, 15) is 20.1 Å². The van der Waals surface area contributed by atoms with Crippen LogP contribution in [0.5, 0.6) is 11.5 Å². The molecule has 5 heteroatoms. The van der Waals surface area contributed by atoms with Gasteiger partial charge in [0, 0.05) is 37.9 Å². The highest BCUT2D eigenvalue weighted by Gasteiger charge is 2.74. The molecule has 3 saturated carbocycles. The van der Waals surface area contributed by atoms with Crippen molar-refractivity contribution in [1.29, 1.82) is 0 Å². The summed E-state index contributed by atoms with van der Waals surface area (Å²) in [5.74, 6) is 1.16. The SMILES string of the molecule is C=C1C2C(CO)CC(C(=O)CCc3cccc(-c4ccc(Cc5ccc(O)cc5)c(O)c4)c3)(C2OC)C1(C)C1CCCCC1. The number of hydrogen-bond acceptors (Lipinski definition) is 5. The molecule has 232 valence electrons. The molecule has 3 aliphatic carbocycles. The number of aliphatic hydroxyl groups excluding tert-OH is 1. The normalized spacial score (nSPS) is 28.4. The zero-order chi connectivity index (χ0) is 31.1. The smallest absolute Gasteiger partial charge is 0.142 e. The fraction of sp³-hybridized carbons (Fsp3) is 0.462. The highest BCUT2D eigenvalue weighted by molar-refractivity contribution is 5.89. The maximum absolute atomic E-state index is 14.6. The largest absolute Gasteiger partial charge is 0.508 e. The molecule has 5 atom stereocenters. The summed E-state index contributed by atoms with van der Waals surface area (Å²) in [7, 11) is 1.73. The van der Waals surface area contributed by atoms with Gasteiger partial charge in [-0.05, 0) is 83.5 Å². The van der Waals surface area contributed by atoms with Crippen LogP contribution < -0.4 is 0 Å². The van der Waals surface area contributed by atoms with Gasteiger partial charge in [0.15, 0.2) is 0 Å². The van der Waals surface area contributed by atoms with E-state index < -0.39 is 5.41 Å². The number of aromatic hydroxyl groups is 2. The molecule has 3 aromatic rings. The zero-order valence-electron chi connectivity index (χ0n) is 26.1. The number of phenolic OH excluding ortho intramolecular Hbond substituents is 2. The van der Waals surface area contributed by atoms with E-state index in [-0.39, 0.29) is 47.2 Å². The Bertz CT molecular complexity index is 1520. The molecule has 3 aliphatic rings. The quantitative estimate of drug-likeness (QED) is 0.210. The minimum absolute atomic E-state index is 0.0149. The summed E-state index contributed by atoms with van der Waals surface area (Å²) >= 11 is 0. The average Bonchev–Trinajstić information content (AvgIpc) is 3.49. The molecule has 6 rings (SSSR count). The number of ether oxygens (including phenoxy) is 1. The van der Waals surface area contributed by atoms with Gasteiger partial charge >= 0.3 is 0 Å². The molecule has 0 heterocycles. The maximum atomic E-state index is 14.6. The number of aryl methyl sites for hydroxylation is 1. The van der Waals surface area contributed by atoms with Crippen molar-refractivity contribution in [2.24, 2.45) is 28.6 Å². The predicted molar refractivity (Wildman–Crippen MR) is 174 cm³/mol. The van der Waals surface area contributed by atoms with Crippen LogP contribution in [0.1, 0.15) is 68.6 Å². The van der Waals surface area contributed by atoms with E-state index in [1.165, 1.54) is 19.3 Å². The molecule has 44 heavy (non-hydrogen) atoms. The van der Waals surface area contributed by atoms with E-state index in [1.54, 1.807) is 25.3 Å². The van der Waals surface area contributed by atoms with E-state index >= 15 is 0 Å². The van der Waals surface area contributed by atoms with Gasteiger partial charge in [0.2, 0.25) is 0 Å². The summed E-state index contributed by atoms with van der Waals surface area (Å²) < 4.78 is 6.18. The number of benzene rings is 3. The van der Waals surface area contributed by atoms with E-state index in [1.807, 2.05) is 36.4 Å². The summed E-state index contributed by atoms with van der Waals surface area (Å²) in [6.07, 6.45) is 7.95. The number of hydrogen-bond donors (Lipinski definition) is 3. The Labute approximate surface area is 261 Å². The first kappa shape index (κ1) is 30.6. The maximum Gasteiger partial charge on any atom is 0.142 e. The molecule has 5 unspecified atom stereocenters.